The Kier molecular flexibility index (Phi) is 5.94. The Balaban J connectivity index is 1.51. The Bertz CT molecular complexity index is 553. The normalized spacial score (nSPS) is 20.8. The number of hydrogen-bond donors (Lipinski definition) is 0. The van der Waals surface area contributed by atoms with Crippen LogP contribution in [0.5, 0.6) is 0 Å². The molecule has 0 bridgehead atoms. The monoisotopic (exact) mass is 328 g/mol. The van der Waals surface area contributed by atoms with Crippen LogP contribution in [0.4, 0.5) is 0 Å². The summed E-state index contributed by atoms with van der Waals surface area (Å²) >= 11 is 0. The lowest BCUT2D eigenvalue weighted by Crippen LogP contribution is -2.42. The van der Waals surface area contributed by atoms with E-state index in [1.165, 1.54) is 42.4 Å². The number of hydrogen-bond acceptors (Lipinski definition) is 2. The quantitative estimate of drug-likeness (QED) is 0.839. The molecule has 0 aliphatic carbocycles. The highest BCUT2D eigenvalue weighted by molar-refractivity contribution is 5.79. The third kappa shape index (κ3) is 4.38. The summed E-state index contributed by atoms with van der Waals surface area (Å²) in [5, 5.41) is 0. The van der Waals surface area contributed by atoms with Crippen molar-refractivity contribution in [2.45, 2.75) is 58.9 Å². The molecule has 3 heteroatoms. The molecule has 2 fully saturated rings. The standard InChI is InChI=1S/C21H32N2O/c1-17-7-8-18(2)20(15-17)16-22-13-9-19(10-14-22)21(24)23-11-5-3-4-6-12-23/h7-8,15,19H,3-6,9-14,16H2,1-2H3. The smallest absolute Gasteiger partial charge is 0.225 e. The second-order valence-electron chi connectivity index (χ2n) is 7.72. The van der Waals surface area contributed by atoms with Crippen molar-refractivity contribution in [3.05, 3.63) is 34.9 Å². The third-order valence-electron chi connectivity index (χ3n) is 5.75. The summed E-state index contributed by atoms with van der Waals surface area (Å²) in [6.45, 7) is 9.47. The first kappa shape index (κ1) is 17.5. The zero-order valence-corrected chi connectivity index (χ0v) is 15.4. The van der Waals surface area contributed by atoms with Crippen LogP contribution in [0.2, 0.25) is 0 Å². The van der Waals surface area contributed by atoms with Gasteiger partial charge in [-0.2, -0.15) is 0 Å². The number of piperidine rings is 1. The van der Waals surface area contributed by atoms with Crippen LogP contribution in [0.15, 0.2) is 18.2 Å². The maximum atomic E-state index is 12.8. The van der Waals surface area contributed by atoms with Crippen molar-refractivity contribution in [3.63, 3.8) is 0 Å². The summed E-state index contributed by atoms with van der Waals surface area (Å²) in [7, 11) is 0. The van der Waals surface area contributed by atoms with Gasteiger partial charge < -0.3 is 4.90 Å². The van der Waals surface area contributed by atoms with E-state index in [2.05, 4.69) is 41.8 Å². The Hall–Kier alpha value is -1.35. The molecule has 1 amide bonds. The lowest BCUT2D eigenvalue weighted by molar-refractivity contribution is -0.137. The van der Waals surface area contributed by atoms with E-state index < -0.39 is 0 Å². The number of rotatable bonds is 3. The fourth-order valence-electron chi connectivity index (χ4n) is 4.10. The summed E-state index contributed by atoms with van der Waals surface area (Å²) in [5.41, 5.74) is 4.15. The highest BCUT2D eigenvalue weighted by Crippen LogP contribution is 2.23. The fraction of sp³-hybridized carbons (Fsp3) is 0.667. The second kappa shape index (κ2) is 8.15. The van der Waals surface area contributed by atoms with Gasteiger partial charge in [-0.05, 0) is 63.7 Å². The third-order valence-corrected chi connectivity index (χ3v) is 5.75. The first-order valence-corrected chi connectivity index (χ1v) is 9.71. The molecule has 24 heavy (non-hydrogen) atoms. The number of carbonyl (C=O) groups is 1. The van der Waals surface area contributed by atoms with Gasteiger partial charge in [0.2, 0.25) is 5.91 Å². The van der Waals surface area contributed by atoms with Crippen molar-refractivity contribution in [1.82, 2.24) is 9.80 Å². The van der Waals surface area contributed by atoms with E-state index in [1.54, 1.807) is 0 Å². The Morgan fingerprint density at radius 3 is 2.33 bits per heavy atom. The minimum absolute atomic E-state index is 0.262. The highest BCUT2D eigenvalue weighted by atomic mass is 16.2. The van der Waals surface area contributed by atoms with Gasteiger partial charge in [-0.25, -0.2) is 0 Å². The summed E-state index contributed by atoms with van der Waals surface area (Å²) in [5.74, 6) is 0.696. The van der Waals surface area contributed by atoms with Gasteiger partial charge in [0.05, 0.1) is 0 Å². The van der Waals surface area contributed by atoms with E-state index in [9.17, 15) is 4.79 Å². The van der Waals surface area contributed by atoms with E-state index in [0.29, 0.717) is 5.91 Å². The number of nitrogens with zero attached hydrogens (tertiary/aromatic N) is 2. The van der Waals surface area contributed by atoms with Crippen LogP contribution in [-0.4, -0.2) is 41.9 Å². The molecule has 0 aromatic heterocycles. The van der Waals surface area contributed by atoms with Gasteiger partial charge in [0.25, 0.3) is 0 Å². The molecular formula is C21H32N2O. The zero-order valence-electron chi connectivity index (χ0n) is 15.4. The van der Waals surface area contributed by atoms with Crippen molar-refractivity contribution in [2.24, 2.45) is 5.92 Å². The van der Waals surface area contributed by atoms with Crippen LogP contribution in [0.1, 0.15) is 55.2 Å². The van der Waals surface area contributed by atoms with E-state index >= 15 is 0 Å². The zero-order chi connectivity index (χ0) is 16.9. The number of amides is 1. The van der Waals surface area contributed by atoms with Gasteiger partial charge >= 0.3 is 0 Å². The van der Waals surface area contributed by atoms with E-state index in [4.69, 9.17) is 0 Å². The summed E-state index contributed by atoms with van der Waals surface area (Å²) in [6, 6.07) is 6.72. The molecule has 1 aromatic carbocycles. The largest absolute Gasteiger partial charge is 0.342 e. The van der Waals surface area contributed by atoms with Crippen molar-refractivity contribution in [2.75, 3.05) is 26.2 Å². The number of aryl methyl sites for hydroxylation is 2. The van der Waals surface area contributed by atoms with Gasteiger partial charge in [-0.3, -0.25) is 9.69 Å². The van der Waals surface area contributed by atoms with Crippen molar-refractivity contribution < 1.29 is 4.79 Å². The lowest BCUT2D eigenvalue weighted by Gasteiger charge is -2.34. The maximum Gasteiger partial charge on any atom is 0.225 e. The molecule has 0 unspecified atom stereocenters. The minimum Gasteiger partial charge on any atom is -0.342 e. The second-order valence-corrected chi connectivity index (χ2v) is 7.72. The van der Waals surface area contributed by atoms with Crippen LogP contribution >= 0.6 is 0 Å². The van der Waals surface area contributed by atoms with Gasteiger partial charge in [0, 0.05) is 25.6 Å². The molecule has 0 spiro atoms. The Morgan fingerprint density at radius 2 is 1.67 bits per heavy atom. The van der Waals surface area contributed by atoms with Crippen molar-refractivity contribution in [1.29, 1.82) is 0 Å². The van der Waals surface area contributed by atoms with Crippen LogP contribution in [-0.2, 0) is 11.3 Å². The molecule has 0 saturated carbocycles. The molecule has 132 valence electrons. The van der Waals surface area contributed by atoms with Crippen LogP contribution < -0.4 is 0 Å². The fourth-order valence-corrected chi connectivity index (χ4v) is 4.10. The van der Waals surface area contributed by atoms with Crippen LogP contribution in [0, 0.1) is 19.8 Å². The highest BCUT2D eigenvalue weighted by Gasteiger charge is 2.28. The summed E-state index contributed by atoms with van der Waals surface area (Å²) in [4.78, 5) is 17.4. The molecule has 0 atom stereocenters. The Labute approximate surface area is 147 Å². The topological polar surface area (TPSA) is 23.6 Å². The van der Waals surface area contributed by atoms with E-state index in [0.717, 1.165) is 45.6 Å². The Morgan fingerprint density at radius 1 is 1.00 bits per heavy atom. The van der Waals surface area contributed by atoms with Gasteiger partial charge in [0.1, 0.15) is 0 Å². The molecule has 0 N–H and O–H groups in total. The van der Waals surface area contributed by atoms with Crippen LogP contribution in [0.25, 0.3) is 0 Å². The lowest BCUT2D eigenvalue weighted by atomic mass is 9.94. The molecule has 3 nitrogen and oxygen atoms in total. The molecule has 2 heterocycles. The summed E-state index contributed by atoms with van der Waals surface area (Å²) in [6.07, 6.45) is 7.02. The molecule has 3 rings (SSSR count). The first-order chi connectivity index (χ1) is 11.6. The van der Waals surface area contributed by atoms with Gasteiger partial charge in [-0.15, -0.1) is 0 Å². The van der Waals surface area contributed by atoms with E-state index in [1.807, 2.05) is 0 Å². The maximum absolute atomic E-state index is 12.8. The van der Waals surface area contributed by atoms with Gasteiger partial charge in [0.15, 0.2) is 0 Å². The average Bonchev–Trinajstić information content (AvgIpc) is 2.87. The van der Waals surface area contributed by atoms with Crippen molar-refractivity contribution >= 4 is 5.91 Å². The van der Waals surface area contributed by atoms with Gasteiger partial charge in [-0.1, -0.05) is 36.6 Å². The minimum atomic E-state index is 0.262. The predicted octanol–water partition coefficient (Wildman–Crippen LogP) is 3.92. The molecule has 2 saturated heterocycles. The molecule has 2 aliphatic heterocycles. The van der Waals surface area contributed by atoms with Crippen LogP contribution in [0.3, 0.4) is 0 Å². The SMILES string of the molecule is Cc1ccc(C)c(CN2CCC(C(=O)N3CCCCCC3)CC2)c1. The van der Waals surface area contributed by atoms with Crippen molar-refractivity contribution in [3.8, 4) is 0 Å². The molecule has 0 radical (unpaired) electrons. The average molecular weight is 329 g/mol. The summed E-state index contributed by atoms with van der Waals surface area (Å²) < 4.78 is 0. The molecule has 2 aliphatic rings. The first-order valence-electron chi connectivity index (χ1n) is 9.71. The molecule has 1 aromatic rings. The number of benzene rings is 1. The predicted molar refractivity (Wildman–Crippen MR) is 99.0 cm³/mol. The van der Waals surface area contributed by atoms with E-state index in [-0.39, 0.29) is 5.92 Å². The molecular weight excluding hydrogens is 296 g/mol. The number of likely N-dealkylation sites (tertiary alicyclic amines) is 2. The number of carbonyl (C=O) groups excluding carboxylic acids is 1.